The Hall–Kier alpha value is -0.240. The van der Waals surface area contributed by atoms with Crippen LogP contribution in [0.1, 0.15) is 0 Å². The Labute approximate surface area is 75.2 Å². The molecule has 0 heterocycles. The fourth-order valence-corrected chi connectivity index (χ4v) is 1.60. The zero-order chi connectivity index (χ0) is 10.2. The maximum atomic E-state index is 9.33. The Morgan fingerprint density at radius 2 is 1.31 bits per heavy atom. The van der Waals surface area contributed by atoms with E-state index in [9.17, 15) is 20.4 Å². The average Bonchev–Trinajstić information content (AvgIpc) is 2.13. The van der Waals surface area contributed by atoms with Crippen molar-refractivity contribution in [2.24, 2.45) is 11.7 Å². The lowest BCUT2D eigenvalue weighted by Gasteiger charge is -2.41. The highest BCUT2D eigenvalue weighted by atomic mass is 16.4. The van der Waals surface area contributed by atoms with Crippen molar-refractivity contribution in [2.75, 3.05) is 6.61 Å². The molecule has 78 valence electrons. The molecule has 7 N–H and O–H groups in total. The lowest BCUT2D eigenvalue weighted by Crippen LogP contribution is -2.64. The normalized spacial score (nSPS) is 52.2. The van der Waals surface area contributed by atoms with E-state index in [1.54, 1.807) is 0 Å². The summed E-state index contributed by atoms with van der Waals surface area (Å²) >= 11 is 0. The number of hydrogen-bond acceptors (Lipinski definition) is 6. The van der Waals surface area contributed by atoms with Gasteiger partial charge >= 0.3 is 0 Å². The maximum absolute atomic E-state index is 9.33. The van der Waals surface area contributed by atoms with Crippen LogP contribution in [-0.4, -0.2) is 62.6 Å². The van der Waals surface area contributed by atoms with E-state index >= 15 is 0 Å². The van der Waals surface area contributed by atoms with Crippen molar-refractivity contribution < 1.29 is 25.5 Å². The molecule has 1 aliphatic rings. The third kappa shape index (κ3) is 1.69. The summed E-state index contributed by atoms with van der Waals surface area (Å²) in [6, 6.07) is -0.932. The van der Waals surface area contributed by atoms with Gasteiger partial charge in [-0.1, -0.05) is 0 Å². The molecule has 1 rings (SSSR count). The van der Waals surface area contributed by atoms with Crippen LogP contribution in [0.4, 0.5) is 0 Å². The molecular weight excluding hydrogens is 178 g/mol. The molecule has 0 unspecified atom stereocenters. The molecule has 0 bridgehead atoms. The van der Waals surface area contributed by atoms with Gasteiger partial charge in [0.25, 0.3) is 0 Å². The summed E-state index contributed by atoms with van der Waals surface area (Å²) in [5, 5.41) is 45.8. The lowest BCUT2D eigenvalue weighted by molar-refractivity contribution is -0.171. The van der Waals surface area contributed by atoms with Crippen LogP contribution in [-0.2, 0) is 0 Å². The van der Waals surface area contributed by atoms with Crippen LogP contribution in [0, 0.1) is 5.92 Å². The van der Waals surface area contributed by atoms with E-state index in [1.807, 2.05) is 0 Å². The second kappa shape index (κ2) is 3.87. The first-order chi connectivity index (χ1) is 6.00. The SMILES string of the molecule is N[C@@H]1[C@@H](O)[C@@H](O)[C@@H](O)[C@H](O)[C@H]1CO. The summed E-state index contributed by atoms with van der Waals surface area (Å²) in [4.78, 5) is 0. The number of rotatable bonds is 1. The minimum absolute atomic E-state index is 0.441. The molecule has 0 aromatic rings. The van der Waals surface area contributed by atoms with Gasteiger partial charge in [0, 0.05) is 12.0 Å². The van der Waals surface area contributed by atoms with Crippen molar-refractivity contribution in [3.05, 3.63) is 0 Å². The molecule has 0 spiro atoms. The van der Waals surface area contributed by atoms with E-state index < -0.39 is 43.0 Å². The van der Waals surface area contributed by atoms with Gasteiger partial charge in [-0.25, -0.2) is 0 Å². The van der Waals surface area contributed by atoms with E-state index in [2.05, 4.69) is 0 Å². The van der Waals surface area contributed by atoms with Crippen LogP contribution < -0.4 is 5.73 Å². The van der Waals surface area contributed by atoms with E-state index in [4.69, 9.17) is 10.8 Å². The molecule has 1 fully saturated rings. The monoisotopic (exact) mass is 193 g/mol. The Morgan fingerprint density at radius 3 is 1.77 bits per heavy atom. The van der Waals surface area contributed by atoms with Crippen molar-refractivity contribution in [3.63, 3.8) is 0 Å². The van der Waals surface area contributed by atoms with E-state index in [-0.39, 0.29) is 0 Å². The molecule has 0 aromatic carbocycles. The minimum Gasteiger partial charge on any atom is -0.396 e. The lowest BCUT2D eigenvalue weighted by atomic mass is 9.78. The van der Waals surface area contributed by atoms with Gasteiger partial charge in [0.2, 0.25) is 0 Å². The largest absolute Gasteiger partial charge is 0.396 e. The van der Waals surface area contributed by atoms with Crippen LogP contribution >= 0.6 is 0 Å². The van der Waals surface area contributed by atoms with Gasteiger partial charge in [0.15, 0.2) is 0 Å². The summed E-state index contributed by atoms with van der Waals surface area (Å²) in [5.41, 5.74) is 5.43. The number of hydrogen-bond donors (Lipinski definition) is 6. The zero-order valence-corrected chi connectivity index (χ0v) is 6.98. The second-order valence-corrected chi connectivity index (χ2v) is 3.39. The van der Waals surface area contributed by atoms with Gasteiger partial charge in [-0.15, -0.1) is 0 Å². The van der Waals surface area contributed by atoms with Crippen molar-refractivity contribution in [3.8, 4) is 0 Å². The quantitative estimate of drug-likeness (QED) is 0.255. The molecule has 6 nitrogen and oxygen atoms in total. The first-order valence-electron chi connectivity index (χ1n) is 4.09. The fourth-order valence-electron chi connectivity index (χ4n) is 1.60. The highest BCUT2D eigenvalue weighted by Crippen LogP contribution is 2.24. The van der Waals surface area contributed by atoms with E-state index in [1.165, 1.54) is 0 Å². The second-order valence-electron chi connectivity index (χ2n) is 3.39. The third-order valence-electron chi connectivity index (χ3n) is 2.59. The standard InChI is InChI=1S/C7H15NO5/c8-3-2(1-9)4(10)6(12)7(13)5(3)11/h2-7,9-13H,1,8H2/t2-,3-,4+,5+,6-,7+/m0/s1. The Balaban J connectivity index is 2.79. The summed E-state index contributed by atoms with van der Waals surface area (Å²) in [5.74, 6) is -0.812. The van der Waals surface area contributed by atoms with Crippen LogP contribution in [0.25, 0.3) is 0 Å². The highest BCUT2D eigenvalue weighted by Gasteiger charge is 2.46. The van der Waals surface area contributed by atoms with Gasteiger partial charge in [0.05, 0.1) is 18.8 Å². The molecule has 6 heteroatoms. The maximum Gasteiger partial charge on any atom is 0.110 e. The molecule has 0 aliphatic heterocycles. The van der Waals surface area contributed by atoms with Gasteiger partial charge in [-0.3, -0.25) is 0 Å². The number of nitrogens with two attached hydrogens (primary N) is 1. The van der Waals surface area contributed by atoms with Crippen molar-refractivity contribution in [1.82, 2.24) is 0 Å². The molecule has 13 heavy (non-hydrogen) atoms. The predicted octanol–water partition coefficient (Wildman–Crippen LogP) is -3.62. The number of aliphatic hydroxyl groups excluding tert-OH is 5. The predicted molar refractivity (Wildman–Crippen MR) is 42.6 cm³/mol. The first-order valence-corrected chi connectivity index (χ1v) is 4.09. The van der Waals surface area contributed by atoms with Gasteiger partial charge in [0.1, 0.15) is 12.2 Å². The van der Waals surface area contributed by atoms with Crippen LogP contribution in [0.2, 0.25) is 0 Å². The van der Waals surface area contributed by atoms with Gasteiger partial charge < -0.3 is 31.3 Å². The summed E-state index contributed by atoms with van der Waals surface area (Å²) in [6.45, 7) is -0.441. The topological polar surface area (TPSA) is 127 Å². The van der Waals surface area contributed by atoms with Crippen molar-refractivity contribution >= 4 is 0 Å². The van der Waals surface area contributed by atoms with Gasteiger partial charge in [-0.2, -0.15) is 0 Å². The Morgan fingerprint density at radius 1 is 0.846 bits per heavy atom. The van der Waals surface area contributed by atoms with E-state index in [0.717, 1.165) is 0 Å². The summed E-state index contributed by atoms with van der Waals surface area (Å²) in [6.07, 6.45) is -5.56. The molecule has 6 atom stereocenters. The number of aliphatic hydroxyl groups is 5. The Bertz CT molecular complexity index is 162. The summed E-state index contributed by atoms with van der Waals surface area (Å²) < 4.78 is 0. The Kier molecular flexibility index (Phi) is 3.23. The smallest absolute Gasteiger partial charge is 0.110 e. The highest BCUT2D eigenvalue weighted by molar-refractivity contribution is 4.99. The molecule has 0 amide bonds. The van der Waals surface area contributed by atoms with Crippen molar-refractivity contribution in [2.45, 2.75) is 30.5 Å². The molecule has 1 saturated carbocycles. The minimum atomic E-state index is -1.47. The molecule has 0 aromatic heterocycles. The third-order valence-corrected chi connectivity index (χ3v) is 2.59. The summed E-state index contributed by atoms with van der Waals surface area (Å²) in [7, 11) is 0. The first kappa shape index (κ1) is 10.8. The molecule has 0 saturated heterocycles. The molecule has 0 radical (unpaired) electrons. The van der Waals surface area contributed by atoms with Gasteiger partial charge in [-0.05, 0) is 0 Å². The van der Waals surface area contributed by atoms with Crippen molar-refractivity contribution in [1.29, 1.82) is 0 Å². The van der Waals surface area contributed by atoms with Crippen LogP contribution in [0.5, 0.6) is 0 Å². The van der Waals surface area contributed by atoms with Crippen LogP contribution in [0.3, 0.4) is 0 Å². The fraction of sp³-hybridized carbons (Fsp3) is 1.00. The average molecular weight is 193 g/mol. The van der Waals surface area contributed by atoms with Crippen LogP contribution in [0.15, 0.2) is 0 Å². The molecule has 1 aliphatic carbocycles. The van der Waals surface area contributed by atoms with E-state index in [0.29, 0.717) is 0 Å². The zero-order valence-electron chi connectivity index (χ0n) is 6.98. The molecular formula is C7H15NO5.